The van der Waals surface area contributed by atoms with Crippen LogP contribution in [0.3, 0.4) is 0 Å². The third-order valence-corrected chi connectivity index (χ3v) is 6.41. The van der Waals surface area contributed by atoms with Crippen molar-refractivity contribution in [1.82, 2.24) is 14.8 Å². The predicted octanol–water partition coefficient (Wildman–Crippen LogP) is 4.21. The van der Waals surface area contributed by atoms with Gasteiger partial charge in [0.15, 0.2) is 0 Å². The van der Waals surface area contributed by atoms with E-state index in [0.717, 1.165) is 37.8 Å². The van der Waals surface area contributed by atoms with Crippen LogP contribution in [0.1, 0.15) is 69.3 Å². The van der Waals surface area contributed by atoms with Gasteiger partial charge in [-0.15, -0.1) is 0 Å². The first kappa shape index (κ1) is 19.8. The van der Waals surface area contributed by atoms with Gasteiger partial charge < -0.3 is 19.2 Å². The summed E-state index contributed by atoms with van der Waals surface area (Å²) >= 11 is 0. The first-order valence-electron chi connectivity index (χ1n) is 10.9. The van der Waals surface area contributed by atoms with Crippen molar-refractivity contribution < 1.29 is 14.0 Å². The van der Waals surface area contributed by atoms with E-state index in [1.807, 2.05) is 42.7 Å². The van der Waals surface area contributed by atoms with Crippen LogP contribution in [0.4, 0.5) is 0 Å². The zero-order valence-electron chi connectivity index (χ0n) is 17.4. The van der Waals surface area contributed by atoms with E-state index in [0.29, 0.717) is 24.5 Å². The quantitative estimate of drug-likeness (QED) is 0.769. The Kier molecular flexibility index (Phi) is 5.52. The first-order valence-corrected chi connectivity index (χ1v) is 10.9. The highest BCUT2D eigenvalue weighted by Gasteiger charge is 2.47. The van der Waals surface area contributed by atoms with Crippen LogP contribution in [0.5, 0.6) is 0 Å². The number of hydrogen-bond acceptors (Lipinski definition) is 3. The third-order valence-electron chi connectivity index (χ3n) is 6.41. The highest BCUT2D eigenvalue weighted by molar-refractivity contribution is 6.00. The molecule has 6 heteroatoms. The smallest absolute Gasteiger partial charge is 0.271 e. The summed E-state index contributed by atoms with van der Waals surface area (Å²) in [6, 6.07) is 7.67. The van der Waals surface area contributed by atoms with Gasteiger partial charge in [0.1, 0.15) is 17.0 Å². The summed E-state index contributed by atoms with van der Waals surface area (Å²) in [5, 5.41) is 3.29. The number of carbonyl (C=O) groups excluding carboxylic acids is 2. The average Bonchev–Trinajstić information content (AvgIpc) is 3.30. The van der Waals surface area contributed by atoms with E-state index < -0.39 is 5.54 Å². The van der Waals surface area contributed by atoms with Crippen LogP contribution in [-0.4, -0.2) is 39.4 Å². The summed E-state index contributed by atoms with van der Waals surface area (Å²) in [5.41, 5.74) is 0.528. The van der Waals surface area contributed by atoms with E-state index in [4.69, 9.17) is 4.42 Å². The number of hydrogen-bond donors (Lipinski definition) is 1. The van der Waals surface area contributed by atoms with Gasteiger partial charge in [0.05, 0.1) is 18.5 Å². The molecule has 1 N–H and O–H groups in total. The minimum atomic E-state index is -0.924. The molecular formula is C23H31N3O3. The lowest BCUT2D eigenvalue weighted by molar-refractivity contribution is -0.133. The number of aromatic nitrogens is 1. The van der Waals surface area contributed by atoms with Crippen LogP contribution in [0, 0.1) is 0 Å². The van der Waals surface area contributed by atoms with E-state index >= 15 is 0 Å². The molecule has 4 rings (SSSR count). The maximum absolute atomic E-state index is 13.5. The SMILES string of the molecule is CCCN1C(=O)c2ccc(-c3ccco3)n2CC1(C)C(=O)NC1CCCCCC1. The van der Waals surface area contributed by atoms with Crippen LogP contribution in [0.25, 0.3) is 11.5 Å². The van der Waals surface area contributed by atoms with Crippen LogP contribution in [0.2, 0.25) is 0 Å². The Bertz CT molecular complexity index is 862. The molecule has 1 atom stereocenters. The molecule has 1 fully saturated rings. The topological polar surface area (TPSA) is 67.5 Å². The molecule has 1 unspecified atom stereocenters. The molecule has 1 saturated carbocycles. The molecule has 0 radical (unpaired) electrons. The van der Waals surface area contributed by atoms with Crippen molar-refractivity contribution in [1.29, 1.82) is 0 Å². The maximum atomic E-state index is 13.5. The molecule has 1 aliphatic heterocycles. The van der Waals surface area contributed by atoms with Crippen molar-refractivity contribution in [2.24, 2.45) is 0 Å². The maximum Gasteiger partial charge on any atom is 0.271 e. The molecule has 3 heterocycles. The molecule has 2 aromatic rings. The van der Waals surface area contributed by atoms with Gasteiger partial charge >= 0.3 is 0 Å². The molecule has 0 saturated heterocycles. The van der Waals surface area contributed by atoms with Crippen LogP contribution in [0.15, 0.2) is 34.9 Å². The van der Waals surface area contributed by atoms with Crippen molar-refractivity contribution in [2.75, 3.05) is 6.54 Å². The lowest BCUT2D eigenvalue weighted by Crippen LogP contribution is -2.65. The monoisotopic (exact) mass is 397 g/mol. The molecule has 0 bridgehead atoms. The molecule has 2 amide bonds. The zero-order valence-corrected chi connectivity index (χ0v) is 17.4. The van der Waals surface area contributed by atoms with Gasteiger partial charge in [-0.05, 0) is 50.5 Å². The van der Waals surface area contributed by atoms with Crippen molar-refractivity contribution in [3.05, 3.63) is 36.2 Å². The molecule has 0 aromatic carbocycles. The van der Waals surface area contributed by atoms with Crippen molar-refractivity contribution >= 4 is 11.8 Å². The highest BCUT2D eigenvalue weighted by atomic mass is 16.3. The number of fused-ring (bicyclic) bond motifs is 1. The van der Waals surface area contributed by atoms with Crippen molar-refractivity contribution in [3.8, 4) is 11.5 Å². The molecule has 156 valence electrons. The number of nitrogens with one attached hydrogen (secondary N) is 1. The summed E-state index contributed by atoms with van der Waals surface area (Å²) in [5.74, 6) is 0.574. The molecule has 29 heavy (non-hydrogen) atoms. The van der Waals surface area contributed by atoms with Gasteiger partial charge in [0.2, 0.25) is 5.91 Å². The third kappa shape index (κ3) is 3.61. The molecular weight excluding hydrogens is 366 g/mol. The van der Waals surface area contributed by atoms with Crippen LogP contribution in [-0.2, 0) is 11.3 Å². The molecule has 1 aliphatic carbocycles. The number of nitrogens with zero attached hydrogens (tertiary/aromatic N) is 2. The summed E-state index contributed by atoms with van der Waals surface area (Å²) in [7, 11) is 0. The Morgan fingerprint density at radius 3 is 2.55 bits per heavy atom. The number of amides is 2. The van der Waals surface area contributed by atoms with E-state index in [-0.39, 0.29) is 17.9 Å². The van der Waals surface area contributed by atoms with Gasteiger partial charge in [-0.3, -0.25) is 9.59 Å². The summed E-state index contributed by atoms with van der Waals surface area (Å²) in [4.78, 5) is 28.6. The van der Waals surface area contributed by atoms with Gasteiger partial charge in [0, 0.05) is 12.6 Å². The van der Waals surface area contributed by atoms with Gasteiger partial charge in [-0.1, -0.05) is 32.6 Å². The Labute approximate surface area is 172 Å². The highest BCUT2D eigenvalue weighted by Crippen LogP contribution is 2.33. The van der Waals surface area contributed by atoms with Gasteiger partial charge in [-0.2, -0.15) is 0 Å². The Morgan fingerprint density at radius 1 is 1.17 bits per heavy atom. The molecule has 2 aromatic heterocycles. The largest absolute Gasteiger partial charge is 0.463 e. The second kappa shape index (κ2) is 8.09. The summed E-state index contributed by atoms with van der Waals surface area (Å²) in [6.07, 6.45) is 9.27. The van der Waals surface area contributed by atoms with E-state index in [9.17, 15) is 9.59 Å². The van der Waals surface area contributed by atoms with Crippen molar-refractivity contribution in [3.63, 3.8) is 0 Å². The number of carbonyl (C=O) groups is 2. The minimum Gasteiger partial charge on any atom is -0.463 e. The number of rotatable bonds is 5. The van der Waals surface area contributed by atoms with Crippen LogP contribution >= 0.6 is 0 Å². The lowest BCUT2D eigenvalue weighted by atomic mass is 9.93. The molecule has 0 spiro atoms. The fourth-order valence-corrected chi connectivity index (χ4v) is 4.75. The first-order chi connectivity index (χ1) is 14.0. The second-order valence-corrected chi connectivity index (χ2v) is 8.56. The summed E-state index contributed by atoms with van der Waals surface area (Å²) < 4.78 is 7.52. The minimum absolute atomic E-state index is 0.0454. The normalized spacial score (nSPS) is 23.0. The number of furan rings is 1. The Morgan fingerprint density at radius 2 is 1.90 bits per heavy atom. The summed E-state index contributed by atoms with van der Waals surface area (Å²) in [6.45, 7) is 4.94. The van der Waals surface area contributed by atoms with Gasteiger partial charge in [-0.25, -0.2) is 0 Å². The standard InChI is InChI=1S/C23H31N3O3/c1-3-14-26-21(27)19-13-12-18(20-11-8-15-29-20)25(19)16-23(26,2)22(28)24-17-9-6-4-5-7-10-17/h8,11-13,15,17H,3-7,9-10,14,16H2,1-2H3,(H,24,28). The second-order valence-electron chi connectivity index (χ2n) is 8.56. The predicted molar refractivity (Wildman–Crippen MR) is 111 cm³/mol. The Hall–Kier alpha value is -2.50. The van der Waals surface area contributed by atoms with E-state index in [2.05, 4.69) is 5.32 Å². The molecule has 2 aliphatic rings. The Balaban J connectivity index is 1.66. The zero-order chi connectivity index (χ0) is 20.4. The van der Waals surface area contributed by atoms with Crippen LogP contribution < -0.4 is 5.32 Å². The fourth-order valence-electron chi connectivity index (χ4n) is 4.75. The fraction of sp³-hybridized carbons (Fsp3) is 0.565. The average molecular weight is 398 g/mol. The van der Waals surface area contributed by atoms with Crippen molar-refractivity contribution in [2.45, 2.75) is 76.9 Å². The van der Waals surface area contributed by atoms with E-state index in [1.165, 1.54) is 12.8 Å². The lowest BCUT2D eigenvalue weighted by Gasteiger charge is -2.44. The molecule has 6 nitrogen and oxygen atoms in total. The van der Waals surface area contributed by atoms with E-state index in [1.54, 1.807) is 11.2 Å². The van der Waals surface area contributed by atoms with Gasteiger partial charge in [0.25, 0.3) is 5.91 Å².